The summed E-state index contributed by atoms with van der Waals surface area (Å²) >= 11 is 3.21. The molecule has 1 unspecified atom stereocenters. The highest BCUT2D eigenvalue weighted by Gasteiger charge is 2.21. The quantitative estimate of drug-likeness (QED) is 0.463. The van der Waals surface area contributed by atoms with Crippen LogP contribution in [0.5, 0.6) is 0 Å². The largest absolute Gasteiger partial charge is 0.354 e. The van der Waals surface area contributed by atoms with Gasteiger partial charge in [0, 0.05) is 23.6 Å². The van der Waals surface area contributed by atoms with Gasteiger partial charge in [-0.3, -0.25) is 9.59 Å². The zero-order chi connectivity index (χ0) is 22.7. The Labute approximate surface area is 194 Å². The number of aryl methyl sites for hydroxylation is 2. The maximum atomic E-state index is 13.6. The Hall–Kier alpha value is -2.23. The van der Waals surface area contributed by atoms with Crippen LogP contribution < -0.4 is 10.9 Å². The molecule has 2 aromatic heterocycles. The van der Waals surface area contributed by atoms with Gasteiger partial charge in [-0.2, -0.15) is 11.8 Å². The second kappa shape index (κ2) is 10.1. The molecule has 1 atom stereocenters. The molecule has 1 aliphatic rings. The second-order valence-electron chi connectivity index (χ2n) is 8.19. The lowest BCUT2D eigenvalue weighted by Crippen LogP contribution is -2.34. The van der Waals surface area contributed by atoms with Gasteiger partial charge < -0.3 is 15.2 Å². The fourth-order valence-corrected chi connectivity index (χ4v) is 6.15. The monoisotopic (exact) mass is 474 g/mol. The number of fused-ring (bicyclic) bond motifs is 3. The highest BCUT2D eigenvalue weighted by atomic mass is 32.2. The lowest BCUT2D eigenvalue weighted by Gasteiger charge is -2.25. The molecule has 0 spiro atoms. The molecule has 170 valence electrons. The summed E-state index contributed by atoms with van der Waals surface area (Å²) in [5, 5.41) is 3.72. The average molecular weight is 475 g/mol. The van der Waals surface area contributed by atoms with Crippen LogP contribution in [-0.2, 0) is 23.4 Å². The molecular formula is C23H27FN4O2S2. The van der Waals surface area contributed by atoms with Crippen molar-refractivity contribution < 1.29 is 9.18 Å². The Kier molecular flexibility index (Phi) is 7.27. The van der Waals surface area contributed by atoms with Crippen LogP contribution in [0.4, 0.5) is 4.39 Å². The number of halogens is 1. The van der Waals surface area contributed by atoms with E-state index >= 15 is 0 Å². The number of thioether (sulfide) groups is 1. The number of H-pyrrole nitrogens is 1. The molecule has 4 rings (SSSR count). The molecule has 6 nitrogen and oxygen atoms in total. The molecule has 9 heteroatoms. The first-order valence-corrected chi connectivity index (χ1v) is 12.7. The number of hydrogen-bond acceptors (Lipinski definition) is 6. The Morgan fingerprint density at radius 3 is 3.00 bits per heavy atom. The van der Waals surface area contributed by atoms with Crippen LogP contribution in [0.3, 0.4) is 0 Å². The lowest BCUT2D eigenvalue weighted by molar-refractivity contribution is -0.120. The second-order valence-corrected chi connectivity index (χ2v) is 10.4. The third kappa shape index (κ3) is 5.22. The van der Waals surface area contributed by atoms with Crippen molar-refractivity contribution in [2.45, 2.75) is 37.5 Å². The maximum Gasteiger partial charge on any atom is 0.259 e. The summed E-state index contributed by atoms with van der Waals surface area (Å²) < 4.78 is 13.6. The highest BCUT2D eigenvalue weighted by Crippen LogP contribution is 2.34. The molecule has 0 bridgehead atoms. The van der Waals surface area contributed by atoms with Crippen molar-refractivity contribution in [1.82, 2.24) is 20.2 Å². The predicted octanol–water partition coefficient (Wildman–Crippen LogP) is 3.65. The predicted molar refractivity (Wildman–Crippen MR) is 129 cm³/mol. The normalized spacial score (nSPS) is 14.1. The summed E-state index contributed by atoms with van der Waals surface area (Å²) in [6.45, 7) is 0.411. The first-order valence-electron chi connectivity index (χ1n) is 10.7. The molecular weight excluding hydrogens is 447 g/mol. The number of carbonyl (C=O) groups is 1. The zero-order valence-corrected chi connectivity index (χ0v) is 19.9. The van der Waals surface area contributed by atoms with Gasteiger partial charge in [-0.1, -0.05) is 12.1 Å². The minimum Gasteiger partial charge on any atom is -0.354 e. The Balaban J connectivity index is 1.26. The molecule has 0 aliphatic heterocycles. The van der Waals surface area contributed by atoms with Gasteiger partial charge in [0.15, 0.2) is 0 Å². The topological polar surface area (TPSA) is 78.1 Å². The first-order chi connectivity index (χ1) is 15.4. The van der Waals surface area contributed by atoms with Crippen LogP contribution in [0.2, 0.25) is 0 Å². The van der Waals surface area contributed by atoms with Gasteiger partial charge in [-0.15, -0.1) is 11.3 Å². The SMILES string of the molecule is CN(C)C(CNC(=O)CCSCc1nc2sc3c(c2c(=O)[nH]1)CCC3)c1cccc(F)c1. The van der Waals surface area contributed by atoms with E-state index in [0.29, 0.717) is 30.3 Å². The van der Waals surface area contributed by atoms with Gasteiger partial charge in [0.2, 0.25) is 5.91 Å². The van der Waals surface area contributed by atoms with Crippen LogP contribution in [0.15, 0.2) is 29.1 Å². The van der Waals surface area contributed by atoms with Crippen LogP contribution in [0.25, 0.3) is 10.2 Å². The van der Waals surface area contributed by atoms with E-state index in [1.807, 2.05) is 25.1 Å². The number of benzene rings is 1. The number of amides is 1. The van der Waals surface area contributed by atoms with Gasteiger partial charge in [0.1, 0.15) is 16.5 Å². The van der Waals surface area contributed by atoms with E-state index in [4.69, 9.17) is 0 Å². The molecule has 2 N–H and O–H groups in total. The Morgan fingerprint density at radius 1 is 1.38 bits per heavy atom. The van der Waals surface area contributed by atoms with E-state index < -0.39 is 0 Å². The molecule has 2 heterocycles. The fraction of sp³-hybridized carbons (Fsp3) is 0.435. The van der Waals surface area contributed by atoms with E-state index in [1.165, 1.54) is 22.6 Å². The number of likely N-dealkylation sites (N-methyl/N-ethyl adjacent to an activating group) is 1. The molecule has 1 aromatic carbocycles. The van der Waals surface area contributed by atoms with E-state index in [9.17, 15) is 14.0 Å². The number of hydrogen-bond donors (Lipinski definition) is 2. The summed E-state index contributed by atoms with van der Waals surface area (Å²) in [5.74, 6) is 1.51. The minimum absolute atomic E-state index is 0.0465. The third-order valence-corrected chi connectivity index (χ3v) is 7.84. The minimum atomic E-state index is -0.283. The molecule has 1 amide bonds. The van der Waals surface area contributed by atoms with Gasteiger partial charge in [0.05, 0.1) is 17.2 Å². The van der Waals surface area contributed by atoms with Crippen LogP contribution >= 0.6 is 23.1 Å². The van der Waals surface area contributed by atoms with Crippen LogP contribution in [-0.4, -0.2) is 47.2 Å². The molecule has 0 saturated heterocycles. The van der Waals surface area contributed by atoms with Crippen molar-refractivity contribution in [3.05, 3.63) is 62.3 Å². The number of aromatic nitrogens is 2. The van der Waals surface area contributed by atoms with Crippen molar-refractivity contribution >= 4 is 39.2 Å². The average Bonchev–Trinajstić information content (AvgIpc) is 3.32. The van der Waals surface area contributed by atoms with Gasteiger partial charge in [-0.05, 0) is 56.6 Å². The van der Waals surface area contributed by atoms with Gasteiger partial charge in [0.25, 0.3) is 5.56 Å². The van der Waals surface area contributed by atoms with E-state index in [1.54, 1.807) is 29.2 Å². The summed E-state index contributed by atoms with van der Waals surface area (Å²) in [6.07, 6.45) is 3.50. The summed E-state index contributed by atoms with van der Waals surface area (Å²) in [5.41, 5.74) is 1.97. The lowest BCUT2D eigenvalue weighted by atomic mass is 10.1. The van der Waals surface area contributed by atoms with Crippen LogP contribution in [0, 0.1) is 5.82 Å². The van der Waals surface area contributed by atoms with Crippen LogP contribution in [0.1, 0.15) is 40.7 Å². The third-order valence-electron chi connectivity index (χ3n) is 5.69. The molecule has 32 heavy (non-hydrogen) atoms. The molecule has 0 radical (unpaired) electrons. The molecule has 3 aromatic rings. The van der Waals surface area contributed by atoms with Crippen molar-refractivity contribution in [3.8, 4) is 0 Å². The zero-order valence-electron chi connectivity index (χ0n) is 18.2. The number of aromatic amines is 1. The molecule has 0 saturated carbocycles. The summed E-state index contributed by atoms with van der Waals surface area (Å²) in [6, 6.07) is 6.36. The van der Waals surface area contributed by atoms with Crippen molar-refractivity contribution in [3.63, 3.8) is 0 Å². The number of carbonyl (C=O) groups excluding carboxylic acids is 1. The van der Waals surface area contributed by atoms with E-state index in [-0.39, 0.29) is 23.3 Å². The Morgan fingerprint density at radius 2 is 2.22 bits per heavy atom. The Bertz CT molecular complexity index is 1170. The number of nitrogens with zero attached hydrogens (tertiary/aromatic N) is 2. The molecule has 0 fully saturated rings. The van der Waals surface area contributed by atoms with Gasteiger partial charge in [-0.25, -0.2) is 9.37 Å². The van der Waals surface area contributed by atoms with E-state index in [0.717, 1.165) is 35.0 Å². The molecule has 1 aliphatic carbocycles. The van der Waals surface area contributed by atoms with Crippen molar-refractivity contribution in [2.75, 3.05) is 26.4 Å². The number of rotatable bonds is 9. The number of thiophene rings is 1. The number of nitrogens with one attached hydrogen (secondary N) is 2. The highest BCUT2D eigenvalue weighted by molar-refractivity contribution is 7.98. The smallest absolute Gasteiger partial charge is 0.259 e. The van der Waals surface area contributed by atoms with Gasteiger partial charge >= 0.3 is 0 Å². The maximum absolute atomic E-state index is 13.6. The summed E-state index contributed by atoms with van der Waals surface area (Å²) in [4.78, 5) is 36.5. The standard InChI is InChI=1S/C23H27FN4O2S2/c1-28(2)17(14-5-3-6-15(24)11-14)12-25-20(29)9-10-31-13-19-26-22(30)21-16-7-4-8-18(16)32-23(21)27-19/h3,5-6,11,17H,4,7-10,12-13H2,1-2H3,(H,25,29)(H,26,27,30). The van der Waals surface area contributed by atoms with Crippen molar-refractivity contribution in [1.29, 1.82) is 0 Å². The fourth-order valence-electron chi connectivity index (χ4n) is 4.06. The summed E-state index contributed by atoms with van der Waals surface area (Å²) in [7, 11) is 3.81. The van der Waals surface area contributed by atoms with E-state index in [2.05, 4.69) is 15.3 Å². The first kappa shape index (κ1) is 22.9. The van der Waals surface area contributed by atoms with Crippen molar-refractivity contribution in [2.24, 2.45) is 0 Å².